The number of aromatic nitrogens is 2. The van der Waals surface area contributed by atoms with Gasteiger partial charge in [-0.25, -0.2) is 19.2 Å². The number of hydrogen-bond donors (Lipinski definition) is 1. The highest BCUT2D eigenvalue weighted by Gasteiger charge is 2.29. The summed E-state index contributed by atoms with van der Waals surface area (Å²) in [5, 5.41) is 4.09. The van der Waals surface area contributed by atoms with Crippen LogP contribution in [0.3, 0.4) is 0 Å². The van der Waals surface area contributed by atoms with Crippen molar-refractivity contribution in [2.45, 2.75) is 59.9 Å². The number of pyridine rings is 1. The average Bonchev–Trinajstić information content (AvgIpc) is 3.20. The zero-order valence-electron chi connectivity index (χ0n) is 19.5. The number of rotatable bonds is 6. The van der Waals surface area contributed by atoms with Crippen molar-refractivity contribution in [1.82, 2.24) is 14.9 Å². The molecule has 0 aromatic carbocycles. The first-order chi connectivity index (χ1) is 15.4. The number of piperazine rings is 1. The number of thiazole rings is 1. The maximum absolute atomic E-state index is 13.5. The minimum absolute atomic E-state index is 0.0107. The largest absolute Gasteiger partial charge is 0.352 e. The quantitative estimate of drug-likeness (QED) is 0.523. The van der Waals surface area contributed by atoms with Gasteiger partial charge in [-0.2, -0.15) is 0 Å². The molecule has 9 heteroatoms. The number of anilines is 2. The minimum atomic E-state index is -0.174. The van der Waals surface area contributed by atoms with Crippen molar-refractivity contribution in [1.29, 1.82) is 0 Å². The molecule has 0 saturated carbocycles. The number of carbonyl (C=O) groups is 1. The summed E-state index contributed by atoms with van der Waals surface area (Å²) in [4.78, 5) is 26.6. The van der Waals surface area contributed by atoms with Gasteiger partial charge in [0, 0.05) is 43.2 Å². The molecule has 1 aliphatic heterocycles. The van der Waals surface area contributed by atoms with Crippen molar-refractivity contribution >= 4 is 39.9 Å². The van der Waals surface area contributed by atoms with Crippen molar-refractivity contribution in [2.75, 3.05) is 29.9 Å². The lowest BCUT2D eigenvalue weighted by molar-refractivity contribution is 0.184. The van der Waals surface area contributed by atoms with Gasteiger partial charge in [0.1, 0.15) is 5.82 Å². The average molecular weight is 482 g/mol. The zero-order chi connectivity index (χ0) is 23.7. The van der Waals surface area contributed by atoms with Gasteiger partial charge in [-0.15, -0.1) is 11.3 Å². The Morgan fingerprint density at radius 3 is 2.75 bits per heavy atom. The lowest BCUT2D eigenvalue weighted by atomic mass is 10.2. The first-order valence-corrected chi connectivity index (χ1v) is 12.4. The Morgan fingerprint density at radius 1 is 1.38 bits per heavy atom. The van der Waals surface area contributed by atoms with Crippen LogP contribution in [0.25, 0.3) is 0 Å². The van der Waals surface area contributed by atoms with Crippen LogP contribution < -0.4 is 10.2 Å². The summed E-state index contributed by atoms with van der Waals surface area (Å²) < 4.78 is 13.5. The maximum Gasteiger partial charge on any atom is 0.324 e. The second-order valence-corrected chi connectivity index (χ2v) is 8.67. The molecule has 1 aliphatic rings. The summed E-state index contributed by atoms with van der Waals surface area (Å²) >= 11 is 7.68. The summed E-state index contributed by atoms with van der Waals surface area (Å²) in [6.07, 6.45) is 4.93. The van der Waals surface area contributed by atoms with Gasteiger partial charge in [0.2, 0.25) is 0 Å². The van der Waals surface area contributed by atoms with E-state index in [4.69, 9.17) is 11.6 Å². The van der Waals surface area contributed by atoms with Crippen LogP contribution in [-0.4, -0.2) is 46.6 Å². The Bertz CT molecular complexity index is 920. The molecule has 3 rings (SSSR count). The first kappa shape index (κ1) is 26.1. The van der Waals surface area contributed by atoms with Gasteiger partial charge in [-0.05, 0) is 38.0 Å². The Kier molecular flexibility index (Phi) is 10.4. The lowest BCUT2D eigenvalue weighted by Crippen LogP contribution is -2.55. The van der Waals surface area contributed by atoms with E-state index in [-0.39, 0.29) is 17.9 Å². The third kappa shape index (κ3) is 6.65. The number of amides is 2. The molecule has 3 heterocycles. The predicted octanol–water partition coefficient (Wildman–Crippen LogP) is 6.33. The van der Waals surface area contributed by atoms with E-state index in [1.807, 2.05) is 33.8 Å². The van der Waals surface area contributed by atoms with Gasteiger partial charge >= 0.3 is 6.03 Å². The number of hydrogen-bond acceptors (Lipinski definition) is 5. The molecule has 176 valence electrons. The molecule has 1 N–H and O–H groups in total. The highest BCUT2D eigenvalue weighted by Crippen LogP contribution is 2.27. The van der Waals surface area contributed by atoms with Crippen molar-refractivity contribution in [3.63, 3.8) is 0 Å². The van der Waals surface area contributed by atoms with E-state index in [0.717, 1.165) is 22.8 Å². The molecular weight excluding hydrogens is 449 g/mol. The molecule has 1 fully saturated rings. The Balaban J connectivity index is 0.00000176. The fraction of sp³-hybridized carbons (Fsp3) is 0.522. The van der Waals surface area contributed by atoms with Gasteiger partial charge in [-0.3, -0.25) is 5.32 Å². The Hall–Kier alpha value is -2.19. The first-order valence-electron chi connectivity index (χ1n) is 11.2. The minimum Gasteiger partial charge on any atom is -0.352 e. The SMILES string of the molecule is CC.CC/C(F)=C\Cc1sc(NC(=O)N2CCN(c3ncccc3Cl)CC2C)nc1CC. The van der Waals surface area contributed by atoms with Crippen LogP contribution >= 0.6 is 22.9 Å². The molecule has 6 nitrogen and oxygen atoms in total. The summed E-state index contributed by atoms with van der Waals surface area (Å²) in [7, 11) is 0. The summed E-state index contributed by atoms with van der Waals surface area (Å²) in [6, 6.07) is 3.44. The van der Waals surface area contributed by atoms with Gasteiger partial charge in [0.25, 0.3) is 0 Å². The molecule has 1 saturated heterocycles. The van der Waals surface area contributed by atoms with E-state index in [9.17, 15) is 9.18 Å². The van der Waals surface area contributed by atoms with Crippen molar-refractivity contribution in [3.8, 4) is 0 Å². The van der Waals surface area contributed by atoms with Crippen LogP contribution in [-0.2, 0) is 12.8 Å². The molecule has 2 aromatic rings. The van der Waals surface area contributed by atoms with Crippen LogP contribution in [0.2, 0.25) is 5.02 Å². The molecule has 1 atom stereocenters. The summed E-state index contributed by atoms with van der Waals surface area (Å²) in [6.45, 7) is 11.7. The van der Waals surface area contributed by atoms with E-state index in [1.165, 1.54) is 11.3 Å². The predicted molar refractivity (Wildman–Crippen MR) is 133 cm³/mol. The molecule has 0 spiro atoms. The highest BCUT2D eigenvalue weighted by molar-refractivity contribution is 7.15. The number of urea groups is 1. The molecular formula is C23H33ClFN5OS. The summed E-state index contributed by atoms with van der Waals surface area (Å²) in [5.41, 5.74) is 0.901. The number of nitrogens with zero attached hydrogens (tertiary/aromatic N) is 4. The van der Waals surface area contributed by atoms with E-state index < -0.39 is 0 Å². The Labute approximate surface area is 199 Å². The van der Waals surface area contributed by atoms with E-state index in [2.05, 4.69) is 20.2 Å². The standard InChI is InChI=1S/C21H27ClFN5OS.C2H6/c1-4-15(23)8-9-18-17(5-2)25-20(30-18)26-21(29)28-12-11-27(13-14(28)3)19-16(22)7-6-10-24-19;1-2/h6-8,10,14H,4-5,9,11-13H2,1-3H3,(H,25,26,29);1-2H3/b15-8+;. The number of nitrogens with one attached hydrogen (secondary N) is 1. The topological polar surface area (TPSA) is 61.4 Å². The van der Waals surface area contributed by atoms with Gasteiger partial charge in [0.15, 0.2) is 5.13 Å². The van der Waals surface area contributed by atoms with Crippen LogP contribution in [0.5, 0.6) is 0 Å². The Morgan fingerprint density at radius 2 is 2.12 bits per heavy atom. The normalized spacial score (nSPS) is 16.5. The second kappa shape index (κ2) is 12.7. The highest BCUT2D eigenvalue weighted by atomic mass is 35.5. The monoisotopic (exact) mass is 481 g/mol. The zero-order valence-corrected chi connectivity index (χ0v) is 21.1. The fourth-order valence-electron chi connectivity index (χ4n) is 3.45. The van der Waals surface area contributed by atoms with Crippen LogP contribution in [0.4, 0.5) is 20.1 Å². The smallest absolute Gasteiger partial charge is 0.324 e. The molecule has 1 unspecified atom stereocenters. The van der Waals surface area contributed by atoms with Crippen LogP contribution in [0.15, 0.2) is 30.2 Å². The summed E-state index contributed by atoms with van der Waals surface area (Å²) in [5.74, 6) is 0.617. The van der Waals surface area contributed by atoms with Gasteiger partial charge in [0.05, 0.1) is 16.5 Å². The van der Waals surface area contributed by atoms with Gasteiger partial charge < -0.3 is 9.80 Å². The van der Waals surface area contributed by atoms with E-state index >= 15 is 0 Å². The van der Waals surface area contributed by atoms with Gasteiger partial charge in [-0.1, -0.05) is 39.3 Å². The number of allylic oxidation sites excluding steroid dienone is 2. The molecule has 0 radical (unpaired) electrons. The second-order valence-electron chi connectivity index (χ2n) is 7.18. The third-order valence-electron chi connectivity index (χ3n) is 5.10. The lowest BCUT2D eigenvalue weighted by Gasteiger charge is -2.40. The van der Waals surface area contributed by atoms with Crippen LogP contribution in [0, 0.1) is 0 Å². The number of aryl methyl sites for hydroxylation is 1. The molecule has 0 aliphatic carbocycles. The maximum atomic E-state index is 13.5. The van der Waals surface area contributed by atoms with Crippen molar-refractivity contribution < 1.29 is 9.18 Å². The molecule has 0 bridgehead atoms. The van der Waals surface area contributed by atoms with Crippen molar-refractivity contribution in [3.05, 3.63) is 45.8 Å². The third-order valence-corrected chi connectivity index (χ3v) is 6.43. The molecule has 2 aromatic heterocycles. The number of carbonyl (C=O) groups excluding carboxylic acids is 1. The van der Waals surface area contributed by atoms with E-state index in [0.29, 0.717) is 42.6 Å². The van der Waals surface area contributed by atoms with Crippen LogP contribution in [0.1, 0.15) is 51.6 Å². The van der Waals surface area contributed by atoms with E-state index in [1.54, 1.807) is 30.2 Å². The molecule has 32 heavy (non-hydrogen) atoms. The van der Waals surface area contributed by atoms with Crippen molar-refractivity contribution in [2.24, 2.45) is 0 Å². The molecule has 2 amide bonds. The fourth-order valence-corrected chi connectivity index (χ4v) is 4.69. The number of halogens is 2.